The summed E-state index contributed by atoms with van der Waals surface area (Å²) in [5.41, 5.74) is 0.664. The first-order chi connectivity index (χ1) is 30.9. The minimum atomic E-state index is -2.39. The van der Waals surface area contributed by atoms with Crippen molar-refractivity contribution in [2.24, 2.45) is 60.6 Å². The maximum absolute atomic E-state index is 14.9. The molecule has 10 aliphatic rings. The van der Waals surface area contributed by atoms with Crippen molar-refractivity contribution in [3.05, 3.63) is 69.4 Å². The number of rotatable bonds is 2. The first-order valence-corrected chi connectivity index (χ1v) is 25.6. The van der Waals surface area contributed by atoms with Gasteiger partial charge in [-0.25, -0.2) is 0 Å². The highest BCUT2D eigenvalue weighted by Gasteiger charge is 2.72. The zero-order valence-corrected chi connectivity index (χ0v) is 42.2. The minimum Gasteiger partial charge on any atom is -0.481 e. The van der Waals surface area contributed by atoms with Gasteiger partial charge >= 0.3 is 17.7 Å². The van der Waals surface area contributed by atoms with Gasteiger partial charge in [0.2, 0.25) is 11.4 Å². The van der Waals surface area contributed by atoms with Crippen LogP contribution >= 0.6 is 0 Å². The van der Waals surface area contributed by atoms with Crippen LogP contribution in [0.3, 0.4) is 0 Å². The third-order valence-corrected chi connectivity index (χ3v) is 23.9. The van der Waals surface area contributed by atoms with Crippen LogP contribution in [-0.4, -0.2) is 50.2 Å². The molecule has 1 heterocycles. The number of carboxylic acid groups (broad SMARTS) is 2. The number of hydrogen-bond donors (Lipinski definition) is 3. The first kappa shape index (κ1) is 45.5. The number of benzene rings is 1. The van der Waals surface area contributed by atoms with Gasteiger partial charge in [-0.2, -0.15) is 0 Å². The number of aliphatic carboxylic acids is 2. The number of aliphatic hydroxyl groups is 1. The molecule has 3 N–H and O–H groups in total. The summed E-state index contributed by atoms with van der Waals surface area (Å²) in [5.74, 6) is -3.46. The van der Waals surface area contributed by atoms with Crippen LogP contribution < -0.4 is 9.47 Å². The Bertz CT molecular complexity index is 2690. The molecule has 9 aliphatic carbocycles. The van der Waals surface area contributed by atoms with Gasteiger partial charge in [0.15, 0.2) is 17.3 Å². The molecule has 0 amide bonds. The number of allylic oxidation sites excluding steroid dienone is 5. The van der Waals surface area contributed by atoms with Crippen LogP contribution in [0.5, 0.6) is 11.5 Å². The van der Waals surface area contributed by atoms with Gasteiger partial charge < -0.3 is 24.8 Å². The topological polar surface area (TPSA) is 147 Å². The zero-order chi connectivity index (χ0) is 48.5. The molecule has 1 aliphatic heterocycles. The lowest BCUT2D eigenvalue weighted by atomic mass is 9.34. The molecule has 0 spiro atoms. The van der Waals surface area contributed by atoms with E-state index < -0.39 is 50.8 Å². The van der Waals surface area contributed by atoms with Gasteiger partial charge in [-0.1, -0.05) is 73.1 Å². The molecular formula is C58H74O9. The Morgan fingerprint density at radius 2 is 1.10 bits per heavy atom. The number of carbonyl (C=O) groups is 4. The van der Waals surface area contributed by atoms with Crippen molar-refractivity contribution in [1.82, 2.24) is 0 Å². The van der Waals surface area contributed by atoms with Crippen molar-refractivity contribution >= 4 is 23.5 Å². The summed E-state index contributed by atoms with van der Waals surface area (Å²) in [6.45, 7) is 26.2. The molecule has 0 unspecified atom stereocenters. The highest BCUT2D eigenvalue weighted by molar-refractivity contribution is 6.10. The molecule has 1 aromatic carbocycles. The molecule has 0 aromatic heterocycles. The lowest BCUT2D eigenvalue weighted by Gasteiger charge is -2.70. The molecule has 9 heteroatoms. The summed E-state index contributed by atoms with van der Waals surface area (Å²) in [7, 11) is 0. The van der Waals surface area contributed by atoms with Crippen LogP contribution in [0.4, 0.5) is 0 Å². The summed E-state index contributed by atoms with van der Waals surface area (Å²) in [6, 6.07) is 1.88. The Balaban J connectivity index is 0.977. The number of ether oxygens (including phenoxy) is 2. The smallest absolute Gasteiger partial charge is 0.317 e. The van der Waals surface area contributed by atoms with E-state index in [2.05, 4.69) is 61.5 Å². The molecular weight excluding hydrogens is 841 g/mol. The van der Waals surface area contributed by atoms with Crippen LogP contribution in [0.15, 0.2) is 52.7 Å². The molecule has 6 saturated carbocycles. The Morgan fingerprint density at radius 1 is 0.597 bits per heavy atom. The number of carboxylic acids is 2. The maximum atomic E-state index is 14.9. The van der Waals surface area contributed by atoms with Crippen molar-refractivity contribution in [2.45, 2.75) is 190 Å². The second-order valence-electron chi connectivity index (χ2n) is 26.9. The fraction of sp³-hybridized carbons (Fsp3) is 0.690. The predicted octanol–water partition coefficient (Wildman–Crippen LogP) is 12.0. The maximum Gasteiger partial charge on any atom is 0.317 e. The minimum absolute atomic E-state index is 0.0229. The summed E-state index contributed by atoms with van der Waals surface area (Å²) in [6.07, 6.45) is 19.3. The van der Waals surface area contributed by atoms with Crippen LogP contribution in [0.2, 0.25) is 0 Å². The molecule has 0 bridgehead atoms. The standard InChI is InChI=1S/C58H74O9/c1-32-43-35(52(7)22-26-56(11)41-31-50(5,46(63)64)18-16-48(41,3)20-24-54(56,9)39(52)29-36(43)59)27-37-44(32)67-57(12)33-13-14-38-51(6,34(33)28-42(60)58(57,65)66-37)21-25-55(10)40-30-49(4,45(61)62)17-15-47(40,2)19-23-53(38,55)8/h13-14,27-29,40-41,65H,15-26,30-31H2,1-12H3,(H,61,62)(H,63,64)/t40-,41+,47-,48-,49-,50-,51+,52+,53-,54-,55+,56+,57-,58+/m1/s1. The van der Waals surface area contributed by atoms with E-state index >= 15 is 0 Å². The van der Waals surface area contributed by atoms with E-state index in [0.29, 0.717) is 48.1 Å². The van der Waals surface area contributed by atoms with E-state index in [1.807, 2.05) is 39.0 Å². The predicted molar refractivity (Wildman–Crippen MR) is 255 cm³/mol. The number of fused-ring (bicyclic) bond motifs is 17. The van der Waals surface area contributed by atoms with Crippen molar-refractivity contribution in [3.63, 3.8) is 0 Å². The summed E-state index contributed by atoms with van der Waals surface area (Å²) >= 11 is 0. The molecule has 11 rings (SSSR count). The second-order valence-corrected chi connectivity index (χ2v) is 26.9. The summed E-state index contributed by atoms with van der Waals surface area (Å²) in [4.78, 5) is 55.2. The van der Waals surface area contributed by atoms with E-state index in [4.69, 9.17) is 9.47 Å². The lowest BCUT2D eigenvalue weighted by Crippen LogP contribution is -2.70. The second kappa shape index (κ2) is 12.9. The SMILES string of the molecule is Cc1c2c(cc3c1C(=O)C=C1[C@@]3(C)CC[C@@]3(C)[C@H]4C[C@](C)(C(=O)O)CC[C@]4(C)CC[C@]13C)O[C@@]1(O)C(=O)C=C3C(=CC=C4[C@@]3(C)CC[C@@]3(C)[C@@H]5C[C@](C)(C(=O)O)CC[C@]5(C)CC[C@]43C)[C@@]1(C)O2. The third kappa shape index (κ3) is 5.07. The molecule has 0 saturated heterocycles. The van der Waals surface area contributed by atoms with E-state index in [9.17, 15) is 34.5 Å². The zero-order valence-electron chi connectivity index (χ0n) is 42.2. The highest BCUT2D eigenvalue weighted by atomic mass is 16.7. The van der Waals surface area contributed by atoms with Crippen LogP contribution in [0.25, 0.3) is 0 Å². The van der Waals surface area contributed by atoms with E-state index in [1.54, 1.807) is 13.0 Å². The quantitative estimate of drug-likeness (QED) is 0.264. The largest absolute Gasteiger partial charge is 0.481 e. The third-order valence-electron chi connectivity index (χ3n) is 23.9. The highest BCUT2D eigenvalue weighted by Crippen LogP contribution is 2.78. The monoisotopic (exact) mass is 915 g/mol. The summed E-state index contributed by atoms with van der Waals surface area (Å²) < 4.78 is 13.8. The number of hydrogen-bond acceptors (Lipinski definition) is 7. The fourth-order valence-corrected chi connectivity index (χ4v) is 18.4. The molecule has 9 nitrogen and oxygen atoms in total. The average Bonchev–Trinajstić information content (AvgIpc) is 3.25. The molecule has 1 aromatic rings. The van der Waals surface area contributed by atoms with Gasteiger partial charge in [0.1, 0.15) is 0 Å². The molecule has 14 atom stereocenters. The van der Waals surface area contributed by atoms with Gasteiger partial charge in [0.05, 0.1) is 10.8 Å². The molecule has 0 radical (unpaired) electrons. The Kier molecular flexibility index (Phi) is 8.72. The van der Waals surface area contributed by atoms with Crippen LogP contribution in [0.1, 0.15) is 188 Å². The normalized spacial score (nSPS) is 50.0. The summed E-state index contributed by atoms with van der Waals surface area (Å²) in [5, 5.41) is 33.7. The fourth-order valence-electron chi connectivity index (χ4n) is 18.4. The van der Waals surface area contributed by atoms with Gasteiger partial charge in [0.25, 0.3) is 0 Å². The van der Waals surface area contributed by atoms with Gasteiger partial charge in [-0.3, -0.25) is 19.2 Å². The lowest BCUT2D eigenvalue weighted by molar-refractivity contribution is -0.231. The van der Waals surface area contributed by atoms with E-state index in [-0.39, 0.29) is 55.9 Å². The molecule has 6 fully saturated rings. The van der Waals surface area contributed by atoms with Crippen LogP contribution in [-0.2, 0) is 19.8 Å². The molecule has 67 heavy (non-hydrogen) atoms. The first-order valence-electron chi connectivity index (χ1n) is 25.6. The Morgan fingerprint density at radius 3 is 1.64 bits per heavy atom. The van der Waals surface area contributed by atoms with Crippen LogP contribution in [0, 0.1) is 67.5 Å². The Labute approximate surface area is 397 Å². The van der Waals surface area contributed by atoms with Crippen molar-refractivity contribution in [2.75, 3.05) is 0 Å². The number of carbonyl (C=O) groups excluding carboxylic acids is 2. The van der Waals surface area contributed by atoms with Gasteiger partial charge in [-0.05, 0) is 197 Å². The van der Waals surface area contributed by atoms with Crippen molar-refractivity contribution in [3.8, 4) is 11.5 Å². The van der Waals surface area contributed by atoms with Crippen molar-refractivity contribution < 1.29 is 44.0 Å². The number of ketones is 2. The molecule has 360 valence electrons. The van der Waals surface area contributed by atoms with Crippen molar-refractivity contribution in [1.29, 1.82) is 0 Å². The average molecular weight is 915 g/mol. The van der Waals surface area contributed by atoms with E-state index in [1.165, 1.54) is 5.57 Å². The Hall–Kier alpha value is -3.98. The van der Waals surface area contributed by atoms with Gasteiger partial charge in [-0.15, -0.1) is 0 Å². The van der Waals surface area contributed by atoms with E-state index in [0.717, 1.165) is 80.9 Å². The van der Waals surface area contributed by atoms with Gasteiger partial charge in [0, 0.05) is 27.5 Å².